The Morgan fingerprint density at radius 1 is 1.47 bits per heavy atom. The van der Waals surface area contributed by atoms with E-state index < -0.39 is 7.14 Å². The molecule has 0 amide bonds. The molecule has 0 aliphatic heterocycles. The fourth-order valence-electron chi connectivity index (χ4n) is 1.11. The maximum Gasteiger partial charge on any atom is 0.305 e. The number of ether oxygens (including phenoxy) is 1. The minimum atomic E-state index is -1.88. The Morgan fingerprint density at radius 2 is 2.07 bits per heavy atom. The molecule has 0 spiro atoms. The molecule has 1 aromatic carbocycles. The summed E-state index contributed by atoms with van der Waals surface area (Å²) in [7, 11) is 4.37. The standard InChI is InChI=1S/C10H12BBrO2P/c1-9(13)14-8-15(11,7-12)10-5-3-2-4-6-10/h2-6H,7-8H2,1H3. The fraction of sp³-hybridized carbons (Fsp3) is 0.300. The molecule has 0 heterocycles. The Bertz CT molecular complexity index is 333. The average molecular weight is 286 g/mol. The summed E-state index contributed by atoms with van der Waals surface area (Å²) in [6.07, 6.45) is 0.289. The molecule has 0 aliphatic rings. The molecule has 5 heteroatoms. The predicted octanol–water partition coefficient (Wildman–Crippen LogP) is 2.29. The van der Waals surface area contributed by atoms with Gasteiger partial charge in [0.15, 0.2) is 6.35 Å². The highest BCUT2D eigenvalue weighted by molar-refractivity contribution is 9.10. The van der Waals surface area contributed by atoms with E-state index in [1.54, 1.807) is 0 Å². The zero-order valence-electron chi connectivity index (χ0n) is 8.52. The lowest BCUT2D eigenvalue weighted by atomic mass is 10.4. The quantitative estimate of drug-likeness (QED) is 0.367. The summed E-state index contributed by atoms with van der Waals surface area (Å²) in [6.45, 7) is 1.39. The van der Waals surface area contributed by atoms with E-state index in [-0.39, 0.29) is 12.3 Å². The molecule has 1 aromatic rings. The highest BCUT2D eigenvalue weighted by Crippen LogP contribution is 2.53. The molecule has 0 saturated heterocycles. The first-order chi connectivity index (χ1) is 7.08. The highest BCUT2D eigenvalue weighted by atomic mass is 79.9. The van der Waals surface area contributed by atoms with Crippen molar-refractivity contribution in [3.8, 4) is 0 Å². The Kier molecular flexibility index (Phi) is 4.81. The second-order valence-corrected chi connectivity index (χ2v) is 7.84. The van der Waals surface area contributed by atoms with Crippen molar-refractivity contribution in [2.24, 2.45) is 0 Å². The minimum Gasteiger partial charge on any atom is -0.435 e. The van der Waals surface area contributed by atoms with Gasteiger partial charge < -0.3 is 4.74 Å². The Labute approximate surface area is 100 Å². The van der Waals surface area contributed by atoms with Crippen LogP contribution in [0.1, 0.15) is 6.92 Å². The number of hydrogen-bond acceptors (Lipinski definition) is 2. The Morgan fingerprint density at radius 3 is 2.53 bits per heavy atom. The van der Waals surface area contributed by atoms with Crippen molar-refractivity contribution in [2.45, 2.75) is 6.92 Å². The monoisotopic (exact) mass is 285 g/mol. The topological polar surface area (TPSA) is 26.3 Å². The summed E-state index contributed by atoms with van der Waals surface area (Å²) < 4.78 is 5.01. The summed E-state index contributed by atoms with van der Waals surface area (Å²) >= 11 is 3.39. The van der Waals surface area contributed by atoms with Gasteiger partial charge in [-0.25, -0.2) is 0 Å². The zero-order chi connectivity index (χ0) is 11.3. The zero-order valence-corrected chi connectivity index (χ0v) is 11.0. The van der Waals surface area contributed by atoms with Crippen molar-refractivity contribution >= 4 is 41.9 Å². The lowest BCUT2D eigenvalue weighted by Gasteiger charge is -2.33. The molecule has 1 unspecified atom stereocenters. The van der Waals surface area contributed by atoms with Crippen LogP contribution in [0.2, 0.25) is 0 Å². The van der Waals surface area contributed by atoms with Gasteiger partial charge in [-0.05, 0) is 12.1 Å². The normalized spacial score (nSPS) is 14.3. The number of hydrogen-bond donors (Lipinski definition) is 0. The van der Waals surface area contributed by atoms with Crippen molar-refractivity contribution in [3.05, 3.63) is 30.3 Å². The SMILES string of the molecule is [B-][P+](CBr)(COC(C)=O)c1ccccc1. The average Bonchev–Trinajstić information content (AvgIpc) is 2.27. The second-order valence-electron chi connectivity index (χ2n) is 3.25. The second kappa shape index (κ2) is 5.67. The van der Waals surface area contributed by atoms with Crippen LogP contribution in [0, 0.1) is 0 Å². The van der Waals surface area contributed by atoms with Crippen LogP contribution in [0.4, 0.5) is 0 Å². The number of benzene rings is 1. The highest BCUT2D eigenvalue weighted by Gasteiger charge is 2.21. The molecule has 2 nitrogen and oxygen atoms in total. The van der Waals surface area contributed by atoms with Gasteiger partial charge in [0.05, 0.1) is 5.07 Å². The molecule has 0 N–H and O–H groups in total. The van der Waals surface area contributed by atoms with E-state index in [0.29, 0.717) is 5.07 Å². The number of carbonyl (C=O) groups excluding carboxylic acids is 1. The predicted molar refractivity (Wildman–Crippen MR) is 69.2 cm³/mol. The number of halogens is 1. The smallest absolute Gasteiger partial charge is 0.305 e. The number of alkyl halides is 1. The van der Waals surface area contributed by atoms with E-state index >= 15 is 0 Å². The van der Waals surface area contributed by atoms with Crippen molar-refractivity contribution < 1.29 is 9.53 Å². The molecular weight excluding hydrogens is 274 g/mol. The molecule has 0 saturated carbocycles. The largest absolute Gasteiger partial charge is 0.435 e. The van der Waals surface area contributed by atoms with Gasteiger partial charge in [-0.2, -0.15) is 7.14 Å². The van der Waals surface area contributed by atoms with Gasteiger partial charge in [0.1, 0.15) is 0 Å². The third-order valence-electron chi connectivity index (χ3n) is 1.98. The van der Waals surface area contributed by atoms with Crippen LogP contribution >= 0.6 is 23.1 Å². The van der Waals surface area contributed by atoms with Crippen LogP contribution in [0.15, 0.2) is 30.3 Å². The van der Waals surface area contributed by atoms with Crippen LogP contribution in [0.5, 0.6) is 0 Å². The van der Waals surface area contributed by atoms with Gasteiger partial charge in [-0.15, -0.1) is 0 Å². The van der Waals surface area contributed by atoms with E-state index in [2.05, 4.69) is 15.9 Å². The molecule has 1 rings (SSSR count). The molecule has 0 bridgehead atoms. The van der Waals surface area contributed by atoms with Crippen molar-refractivity contribution in [1.82, 2.24) is 0 Å². The molecule has 0 aliphatic carbocycles. The van der Waals surface area contributed by atoms with Crippen LogP contribution in [-0.4, -0.2) is 25.0 Å². The maximum absolute atomic E-state index is 10.8. The van der Waals surface area contributed by atoms with E-state index in [1.807, 2.05) is 30.3 Å². The molecule has 15 heavy (non-hydrogen) atoms. The lowest BCUT2D eigenvalue weighted by molar-refractivity contribution is -0.138. The summed E-state index contributed by atoms with van der Waals surface area (Å²) in [5, 5.41) is 1.71. The van der Waals surface area contributed by atoms with Crippen molar-refractivity contribution in [1.29, 1.82) is 0 Å². The van der Waals surface area contributed by atoms with Crippen LogP contribution in [-0.2, 0) is 9.53 Å². The summed E-state index contributed by atoms with van der Waals surface area (Å²) in [5.41, 5.74) is 0. The minimum absolute atomic E-state index is 0.289. The van der Waals surface area contributed by atoms with E-state index in [9.17, 15) is 4.79 Å². The van der Waals surface area contributed by atoms with Crippen LogP contribution in [0.3, 0.4) is 0 Å². The van der Waals surface area contributed by atoms with E-state index in [1.165, 1.54) is 6.92 Å². The van der Waals surface area contributed by atoms with Gasteiger partial charge in [0.25, 0.3) is 0 Å². The first-order valence-electron chi connectivity index (χ1n) is 4.49. The molecule has 79 valence electrons. The molecule has 0 fully saturated rings. The fourth-order valence-corrected chi connectivity index (χ4v) is 3.95. The molecular formula is C10H12BBrO2P. The first kappa shape index (κ1) is 12.7. The van der Waals surface area contributed by atoms with Gasteiger partial charge in [0.2, 0.25) is 0 Å². The van der Waals surface area contributed by atoms with Gasteiger partial charge >= 0.3 is 5.97 Å². The van der Waals surface area contributed by atoms with E-state index in [0.717, 1.165) is 5.30 Å². The van der Waals surface area contributed by atoms with Crippen LogP contribution < -0.4 is 5.30 Å². The van der Waals surface area contributed by atoms with Gasteiger partial charge in [0, 0.05) is 12.2 Å². The Hall–Kier alpha value is -0.335. The molecule has 0 aromatic heterocycles. The Balaban J connectivity index is 2.80. The maximum atomic E-state index is 10.8. The summed E-state index contributed by atoms with van der Waals surface area (Å²) in [4.78, 5) is 10.8. The summed E-state index contributed by atoms with van der Waals surface area (Å²) in [5.74, 6) is -0.290. The van der Waals surface area contributed by atoms with Gasteiger partial charge in [-0.1, -0.05) is 34.1 Å². The molecule has 3 radical (unpaired) electrons. The first-order valence-corrected chi connectivity index (χ1v) is 7.84. The number of rotatable bonds is 4. The molecule has 1 atom stereocenters. The van der Waals surface area contributed by atoms with Crippen LogP contribution in [0.25, 0.3) is 0 Å². The van der Waals surface area contributed by atoms with Crippen molar-refractivity contribution in [2.75, 3.05) is 11.4 Å². The number of carbonyl (C=O) groups is 1. The van der Waals surface area contributed by atoms with E-state index in [4.69, 9.17) is 12.3 Å². The third kappa shape index (κ3) is 3.62. The number of esters is 1. The lowest BCUT2D eigenvalue weighted by Crippen LogP contribution is -2.18. The third-order valence-corrected chi connectivity index (χ3v) is 7.01. The van der Waals surface area contributed by atoms with Gasteiger partial charge in [-0.3, -0.25) is 12.4 Å². The summed E-state index contributed by atoms with van der Waals surface area (Å²) in [6, 6.07) is 9.76. The van der Waals surface area contributed by atoms with Crippen molar-refractivity contribution in [3.63, 3.8) is 0 Å².